The van der Waals surface area contributed by atoms with Gasteiger partial charge in [0, 0.05) is 34.5 Å². The second-order valence-corrected chi connectivity index (χ2v) is 14.1. The first kappa shape index (κ1) is 29.7. The van der Waals surface area contributed by atoms with E-state index in [2.05, 4.69) is 140 Å². The fourth-order valence-corrected chi connectivity index (χ4v) is 6.74. The summed E-state index contributed by atoms with van der Waals surface area (Å²) in [6.45, 7) is 11.3. The molecule has 0 N–H and O–H groups in total. The van der Waals surface area contributed by atoms with E-state index in [1.807, 2.05) is 48.9 Å². The molecule has 0 spiro atoms. The standard InChI is InChI=1S/C43H38N4O/c1-42(2,3)29-17-19-30(20-18-29)43(4,5)31-23-24-44-41(25-31)47-38-15-8-6-13-35(38)36-22-21-34(27-40(36)47)48-33-12-10-11-32(26-33)46-28-45-37-14-7-9-16-39(37)46/h6-28H,1-5H3. The Kier molecular flexibility index (Phi) is 6.95. The van der Waals surface area contributed by atoms with Crippen molar-refractivity contribution in [2.75, 3.05) is 0 Å². The van der Waals surface area contributed by atoms with Crippen LogP contribution in [0.4, 0.5) is 0 Å². The predicted octanol–water partition coefficient (Wildman–Crippen LogP) is 10.9. The Balaban J connectivity index is 1.19. The van der Waals surface area contributed by atoms with Gasteiger partial charge >= 0.3 is 0 Å². The summed E-state index contributed by atoms with van der Waals surface area (Å²) >= 11 is 0. The molecule has 0 aliphatic carbocycles. The fourth-order valence-electron chi connectivity index (χ4n) is 6.74. The number of benzene rings is 5. The number of imidazole rings is 1. The summed E-state index contributed by atoms with van der Waals surface area (Å²) in [5.41, 5.74) is 8.88. The minimum absolute atomic E-state index is 0.114. The third kappa shape index (κ3) is 5.12. The second kappa shape index (κ2) is 11.2. The van der Waals surface area contributed by atoms with E-state index in [4.69, 9.17) is 9.72 Å². The summed E-state index contributed by atoms with van der Waals surface area (Å²) < 4.78 is 10.9. The highest BCUT2D eigenvalue weighted by Gasteiger charge is 2.25. The van der Waals surface area contributed by atoms with E-state index in [9.17, 15) is 0 Å². The Morgan fingerprint density at radius 1 is 0.542 bits per heavy atom. The molecule has 5 nitrogen and oxygen atoms in total. The van der Waals surface area contributed by atoms with E-state index in [1.165, 1.54) is 22.1 Å². The Morgan fingerprint density at radius 2 is 1.25 bits per heavy atom. The average Bonchev–Trinajstić information content (AvgIpc) is 3.67. The van der Waals surface area contributed by atoms with Crippen LogP contribution in [0.15, 0.2) is 140 Å². The first-order chi connectivity index (χ1) is 23.2. The maximum atomic E-state index is 6.53. The molecule has 5 aromatic carbocycles. The Morgan fingerprint density at radius 3 is 2.06 bits per heavy atom. The van der Waals surface area contributed by atoms with Gasteiger partial charge in [-0.2, -0.15) is 0 Å². The number of hydrogen-bond donors (Lipinski definition) is 0. The third-order valence-corrected chi connectivity index (χ3v) is 9.60. The summed E-state index contributed by atoms with van der Waals surface area (Å²) in [5.74, 6) is 2.39. The highest BCUT2D eigenvalue weighted by Crippen LogP contribution is 2.38. The highest BCUT2D eigenvalue weighted by molar-refractivity contribution is 6.09. The topological polar surface area (TPSA) is 44.9 Å². The fraction of sp³-hybridized carbons (Fsp3) is 0.163. The van der Waals surface area contributed by atoms with Crippen molar-refractivity contribution in [1.29, 1.82) is 0 Å². The smallest absolute Gasteiger partial charge is 0.137 e. The van der Waals surface area contributed by atoms with Crippen molar-refractivity contribution in [2.45, 2.75) is 45.4 Å². The van der Waals surface area contributed by atoms with Crippen molar-refractivity contribution in [3.8, 4) is 23.0 Å². The molecule has 0 bridgehead atoms. The summed E-state index contributed by atoms with van der Waals surface area (Å²) in [5, 5.41) is 2.33. The Bertz CT molecular complexity index is 2440. The van der Waals surface area contributed by atoms with E-state index >= 15 is 0 Å². The molecule has 236 valence electrons. The van der Waals surface area contributed by atoms with Crippen LogP contribution in [0.5, 0.6) is 11.5 Å². The van der Waals surface area contributed by atoms with E-state index in [1.54, 1.807) is 0 Å². The van der Waals surface area contributed by atoms with Gasteiger partial charge in [0.1, 0.15) is 23.6 Å². The van der Waals surface area contributed by atoms with Crippen LogP contribution in [0.1, 0.15) is 51.3 Å². The quantitative estimate of drug-likeness (QED) is 0.184. The van der Waals surface area contributed by atoms with Crippen LogP contribution < -0.4 is 4.74 Å². The summed E-state index contributed by atoms with van der Waals surface area (Å²) in [6, 6.07) is 44.6. The summed E-state index contributed by atoms with van der Waals surface area (Å²) in [6.07, 6.45) is 3.79. The van der Waals surface area contributed by atoms with E-state index in [-0.39, 0.29) is 10.8 Å². The van der Waals surface area contributed by atoms with Gasteiger partial charge in [0.25, 0.3) is 0 Å². The normalized spacial score (nSPS) is 12.3. The number of rotatable bonds is 6. The van der Waals surface area contributed by atoms with Gasteiger partial charge in [0.05, 0.1) is 27.8 Å². The molecule has 0 radical (unpaired) electrons. The van der Waals surface area contributed by atoms with Crippen molar-refractivity contribution >= 4 is 32.8 Å². The first-order valence-electron chi connectivity index (χ1n) is 16.5. The number of fused-ring (bicyclic) bond motifs is 4. The molecule has 0 amide bonds. The van der Waals surface area contributed by atoms with Crippen LogP contribution in [0, 0.1) is 0 Å². The lowest BCUT2D eigenvalue weighted by Gasteiger charge is -2.28. The van der Waals surface area contributed by atoms with Crippen LogP contribution in [0.25, 0.3) is 44.3 Å². The van der Waals surface area contributed by atoms with E-state index in [0.29, 0.717) is 0 Å². The number of hydrogen-bond acceptors (Lipinski definition) is 3. The van der Waals surface area contributed by atoms with Crippen molar-refractivity contribution in [1.82, 2.24) is 19.1 Å². The van der Waals surface area contributed by atoms with Gasteiger partial charge in [-0.3, -0.25) is 9.13 Å². The molecule has 0 fully saturated rings. The predicted molar refractivity (Wildman–Crippen MR) is 197 cm³/mol. The number of aromatic nitrogens is 4. The zero-order chi connectivity index (χ0) is 33.0. The monoisotopic (exact) mass is 626 g/mol. The lowest BCUT2D eigenvalue weighted by molar-refractivity contribution is 0.483. The van der Waals surface area contributed by atoms with Crippen molar-refractivity contribution < 1.29 is 4.74 Å². The maximum Gasteiger partial charge on any atom is 0.137 e. The number of ether oxygens (including phenoxy) is 1. The Hall–Kier alpha value is -5.68. The third-order valence-electron chi connectivity index (χ3n) is 9.60. The summed E-state index contributed by atoms with van der Waals surface area (Å²) in [7, 11) is 0. The minimum Gasteiger partial charge on any atom is -0.457 e. The number of pyridine rings is 1. The molecule has 3 aromatic heterocycles. The minimum atomic E-state index is -0.216. The molecule has 0 aliphatic heterocycles. The van der Waals surface area contributed by atoms with Crippen LogP contribution in [0.2, 0.25) is 0 Å². The molecule has 5 heteroatoms. The van der Waals surface area contributed by atoms with Gasteiger partial charge in [-0.25, -0.2) is 9.97 Å². The van der Waals surface area contributed by atoms with Crippen LogP contribution in [-0.4, -0.2) is 19.1 Å². The second-order valence-electron chi connectivity index (χ2n) is 14.1. The molecule has 3 heterocycles. The van der Waals surface area contributed by atoms with Gasteiger partial charge in [0.2, 0.25) is 0 Å². The SMILES string of the molecule is CC(C)(C)c1ccc(C(C)(C)c2ccnc(-n3c4ccccc4c4ccc(Oc5cccc(-n6cnc7ccccc76)c5)cc43)c2)cc1. The van der Waals surface area contributed by atoms with Crippen LogP contribution >= 0.6 is 0 Å². The molecule has 0 unspecified atom stereocenters. The first-order valence-corrected chi connectivity index (χ1v) is 16.5. The molecular formula is C43H38N4O. The van der Waals surface area contributed by atoms with Crippen LogP contribution in [-0.2, 0) is 10.8 Å². The Labute approximate surface area is 281 Å². The van der Waals surface area contributed by atoms with Crippen molar-refractivity contribution in [2.24, 2.45) is 0 Å². The zero-order valence-electron chi connectivity index (χ0n) is 28.0. The zero-order valence-corrected chi connectivity index (χ0v) is 28.0. The maximum absolute atomic E-state index is 6.53. The molecule has 0 saturated heterocycles. The van der Waals surface area contributed by atoms with E-state index in [0.717, 1.165) is 50.5 Å². The lowest BCUT2D eigenvalue weighted by atomic mass is 9.77. The van der Waals surface area contributed by atoms with E-state index < -0.39 is 0 Å². The van der Waals surface area contributed by atoms with Crippen LogP contribution in [0.3, 0.4) is 0 Å². The largest absolute Gasteiger partial charge is 0.457 e. The van der Waals surface area contributed by atoms with Gasteiger partial charge in [-0.1, -0.05) is 95.3 Å². The van der Waals surface area contributed by atoms with Crippen molar-refractivity contribution in [3.05, 3.63) is 157 Å². The molecule has 0 atom stereocenters. The molecule has 0 aliphatic rings. The van der Waals surface area contributed by atoms with Gasteiger partial charge in [-0.05, 0) is 76.7 Å². The molecule has 8 rings (SSSR count). The van der Waals surface area contributed by atoms with Crippen molar-refractivity contribution in [3.63, 3.8) is 0 Å². The molecule has 48 heavy (non-hydrogen) atoms. The lowest BCUT2D eigenvalue weighted by Crippen LogP contribution is -2.20. The highest BCUT2D eigenvalue weighted by atomic mass is 16.5. The van der Waals surface area contributed by atoms with Gasteiger partial charge < -0.3 is 4.74 Å². The molecule has 0 saturated carbocycles. The van der Waals surface area contributed by atoms with Gasteiger partial charge in [-0.15, -0.1) is 0 Å². The molecule has 8 aromatic rings. The van der Waals surface area contributed by atoms with Gasteiger partial charge in [0.15, 0.2) is 0 Å². The molecular weight excluding hydrogens is 589 g/mol. The summed E-state index contributed by atoms with van der Waals surface area (Å²) in [4.78, 5) is 9.49. The average molecular weight is 627 g/mol. The number of para-hydroxylation sites is 3. The number of nitrogens with zero attached hydrogens (tertiary/aromatic N) is 4.